The van der Waals surface area contributed by atoms with Gasteiger partial charge in [-0.3, -0.25) is 4.98 Å². The molecule has 3 rings (SSSR count). The molecule has 0 aliphatic heterocycles. The maximum absolute atomic E-state index is 6.36. The van der Waals surface area contributed by atoms with Crippen LogP contribution in [0.4, 0.5) is 5.95 Å². The Kier molecular flexibility index (Phi) is 4.65. The number of hydrogen-bond donors (Lipinski definition) is 1. The van der Waals surface area contributed by atoms with Crippen LogP contribution in [0.15, 0.2) is 12.4 Å². The minimum atomic E-state index is 0.168. The summed E-state index contributed by atoms with van der Waals surface area (Å²) in [6.45, 7) is 6.61. The van der Waals surface area contributed by atoms with E-state index in [0.29, 0.717) is 11.7 Å². The number of aromatic nitrogens is 4. The maximum Gasteiger partial charge on any atom is 0.223 e. The Labute approximate surface area is 150 Å². The van der Waals surface area contributed by atoms with Gasteiger partial charge in [0.15, 0.2) is 0 Å². The van der Waals surface area contributed by atoms with Crippen LogP contribution in [0.5, 0.6) is 0 Å². The summed E-state index contributed by atoms with van der Waals surface area (Å²) in [5.41, 5.74) is 10.5. The highest BCUT2D eigenvalue weighted by Crippen LogP contribution is 2.29. The zero-order chi connectivity index (χ0) is 17.4. The van der Waals surface area contributed by atoms with Crippen LogP contribution in [0, 0.1) is 13.8 Å². The minimum absolute atomic E-state index is 0.168. The van der Waals surface area contributed by atoms with Gasteiger partial charge in [-0.2, -0.15) is 4.98 Å². The van der Waals surface area contributed by atoms with Crippen molar-refractivity contribution in [1.29, 1.82) is 0 Å². The van der Waals surface area contributed by atoms with E-state index in [-0.39, 0.29) is 5.95 Å². The van der Waals surface area contributed by atoms with Crippen molar-refractivity contribution in [2.24, 2.45) is 0 Å². The van der Waals surface area contributed by atoms with Gasteiger partial charge in [-0.25, -0.2) is 4.98 Å². The first kappa shape index (κ1) is 17.0. The van der Waals surface area contributed by atoms with E-state index in [1.165, 1.54) is 0 Å². The molecule has 3 aromatic rings. The largest absolute Gasteiger partial charge is 0.368 e. The Bertz CT molecular complexity index is 917. The van der Waals surface area contributed by atoms with Gasteiger partial charge < -0.3 is 10.3 Å². The standard InChI is InChI=1S/C17H19Cl2N5/c1-4-5-11-7-24(16-13(11)15(19)22-17(20)23-16)8-12-10(3)14(18)9(2)6-21-12/h6-7H,4-5,8H2,1-3H3,(H2,20,22,23). The highest BCUT2D eigenvalue weighted by atomic mass is 35.5. The van der Waals surface area contributed by atoms with Gasteiger partial charge in [-0.05, 0) is 37.0 Å². The summed E-state index contributed by atoms with van der Waals surface area (Å²) in [4.78, 5) is 13.0. The van der Waals surface area contributed by atoms with Crippen molar-refractivity contribution in [2.75, 3.05) is 5.73 Å². The molecule has 126 valence electrons. The average molecular weight is 364 g/mol. The van der Waals surface area contributed by atoms with Crippen LogP contribution in [0.1, 0.15) is 35.7 Å². The molecule has 3 heterocycles. The highest BCUT2D eigenvalue weighted by molar-refractivity contribution is 6.34. The number of aryl methyl sites for hydroxylation is 2. The lowest BCUT2D eigenvalue weighted by atomic mass is 10.1. The Balaban J connectivity index is 2.15. The van der Waals surface area contributed by atoms with Crippen LogP contribution >= 0.6 is 23.2 Å². The summed E-state index contributed by atoms with van der Waals surface area (Å²) < 4.78 is 2.02. The average Bonchev–Trinajstić information content (AvgIpc) is 2.86. The number of nitrogens with two attached hydrogens (primary N) is 1. The van der Waals surface area contributed by atoms with E-state index in [4.69, 9.17) is 28.9 Å². The number of nitrogens with zero attached hydrogens (tertiary/aromatic N) is 4. The van der Waals surface area contributed by atoms with Gasteiger partial charge in [0.05, 0.1) is 17.6 Å². The maximum atomic E-state index is 6.36. The molecule has 7 heteroatoms. The Morgan fingerprint density at radius 2 is 1.96 bits per heavy atom. The molecule has 0 aliphatic rings. The molecule has 0 unspecified atom stereocenters. The normalized spacial score (nSPS) is 11.4. The molecule has 0 aromatic carbocycles. The predicted molar refractivity (Wildman–Crippen MR) is 98.8 cm³/mol. The molecular formula is C17H19Cl2N5. The lowest BCUT2D eigenvalue weighted by Crippen LogP contribution is -2.06. The van der Waals surface area contributed by atoms with E-state index in [1.54, 1.807) is 6.20 Å². The van der Waals surface area contributed by atoms with Crippen molar-refractivity contribution < 1.29 is 0 Å². The highest BCUT2D eigenvalue weighted by Gasteiger charge is 2.16. The quantitative estimate of drug-likeness (QED) is 0.700. The number of halogens is 2. The third-order valence-electron chi connectivity index (χ3n) is 4.13. The zero-order valence-corrected chi connectivity index (χ0v) is 15.4. The summed E-state index contributed by atoms with van der Waals surface area (Å²) in [5, 5.41) is 2.01. The second-order valence-electron chi connectivity index (χ2n) is 5.93. The number of fused-ring (bicyclic) bond motifs is 1. The fourth-order valence-corrected chi connectivity index (χ4v) is 3.34. The Hall–Kier alpha value is -1.85. The van der Waals surface area contributed by atoms with Crippen molar-refractivity contribution >= 4 is 40.2 Å². The van der Waals surface area contributed by atoms with E-state index in [2.05, 4.69) is 28.1 Å². The predicted octanol–water partition coefficient (Wildman–Crippen LogP) is 4.33. The molecule has 0 fully saturated rings. The fourth-order valence-electron chi connectivity index (χ4n) is 2.89. The molecule has 2 N–H and O–H groups in total. The third kappa shape index (κ3) is 2.94. The zero-order valence-electron chi connectivity index (χ0n) is 13.9. The summed E-state index contributed by atoms with van der Waals surface area (Å²) in [6.07, 6.45) is 5.76. The van der Waals surface area contributed by atoms with Crippen molar-refractivity contribution in [1.82, 2.24) is 19.5 Å². The van der Waals surface area contributed by atoms with Gasteiger partial charge in [0.1, 0.15) is 10.8 Å². The second-order valence-corrected chi connectivity index (χ2v) is 6.67. The van der Waals surface area contributed by atoms with Crippen molar-refractivity contribution in [2.45, 2.75) is 40.2 Å². The van der Waals surface area contributed by atoms with Crippen LogP contribution in [-0.4, -0.2) is 19.5 Å². The Morgan fingerprint density at radius 1 is 1.21 bits per heavy atom. The van der Waals surface area contributed by atoms with Crippen molar-refractivity contribution in [3.8, 4) is 0 Å². The number of hydrogen-bond acceptors (Lipinski definition) is 4. The first-order chi connectivity index (χ1) is 11.4. The molecular weight excluding hydrogens is 345 g/mol. The van der Waals surface area contributed by atoms with Gasteiger partial charge in [-0.1, -0.05) is 36.5 Å². The molecule has 0 saturated carbocycles. The lowest BCUT2D eigenvalue weighted by molar-refractivity contribution is 0.782. The number of rotatable bonds is 4. The molecule has 0 bridgehead atoms. The van der Waals surface area contributed by atoms with Gasteiger partial charge in [-0.15, -0.1) is 0 Å². The van der Waals surface area contributed by atoms with Crippen LogP contribution < -0.4 is 5.73 Å². The SMILES string of the molecule is CCCc1cn(Cc2ncc(C)c(Cl)c2C)c2nc(N)nc(Cl)c12. The van der Waals surface area contributed by atoms with Crippen LogP contribution in [0.25, 0.3) is 11.0 Å². The van der Waals surface area contributed by atoms with Crippen LogP contribution in [0.3, 0.4) is 0 Å². The monoisotopic (exact) mass is 363 g/mol. The number of pyridine rings is 1. The smallest absolute Gasteiger partial charge is 0.223 e. The van der Waals surface area contributed by atoms with Crippen LogP contribution in [0.2, 0.25) is 10.2 Å². The van der Waals surface area contributed by atoms with E-state index >= 15 is 0 Å². The van der Waals surface area contributed by atoms with Crippen molar-refractivity contribution in [3.63, 3.8) is 0 Å². The molecule has 24 heavy (non-hydrogen) atoms. The molecule has 0 aliphatic carbocycles. The van der Waals surface area contributed by atoms with Crippen LogP contribution in [-0.2, 0) is 13.0 Å². The first-order valence-corrected chi connectivity index (χ1v) is 8.59. The van der Waals surface area contributed by atoms with Gasteiger partial charge in [0.2, 0.25) is 5.95 Å². The summed E-state index contributed by atoms with van der Waals surface area (Å²) >= 11 is 12.7. The van der Waals surface area contributed by atoms with E-state index in [0.717, 1.165) is 51.3 Å². The van der Waals surface area contributed by atoms with E-state index < -0.39 is 0 Å². The Morgan fingerprint density at radius 3 is 2.67 bits per heavy atom. The molecule has 5 nitrogen and oxygen atoms in total. The topological polar surface area (TPSA) is 69.6 Å². The lowest BCUT2D eigenvalue weighted by Gasteiger charge is -2.10. The molecule has 0 spiro atoms. The van der Waals surface area contributed by atoms with Gasteiger partial charge >= 0.3 is 0 Å². The number of nitrogen functional groups attached to an aromatic ring is 1. The number of anilines is 1. The van der Waals surface area contributed by atoms with E-state index in [9.17, 15) is 0 Å². The first-order valence-electron chi connectivity index (χ1n) is 7.83. The summed E-state index contributed by atoms with van der Waals surface area (Å²) in [5.74, 6) is 0.168. The van der Waals surface area contributed by atoms with E-state index in [1.807, 2.05) is 18.4 Å². The van der Waals surface area contributed by atoms with Gasteiger partial charge in [0.25, 0.3) is 0 Å². The molecule has 0 atom stereocenters. The molecule has 0 radical (unpaired) electrons. The molecule has 3 aromatic heterocycles. The summed E-state index contributed by atoms with van der Waals surface area (Å²) in [7, 11) is 0. The van der Waals surface area contributed by atoms with Gasteiger partial charge in [0, 0.05) is 17.4 Å². The minimum Gasteiger partial charge on any atom is -0.368 e. The van der Waals surface area contributed by atoms with Crippen molar-refractivity contribution in [3.05, 3.63) is 45.0 Å². The molecule has 0 amide bonds. The third-order valence-corrected chi connectivity index (χ3v) is 4.98. The molecule has 0 saturated heterocycles. The second kappa shape index (κ2) is 6.57. The fraction of sp³-hybridized carbons (Fsp3) is 0.353. The summed E-state index contributed by atoms with van der Waals surface area (Å²) in [6, 6.07) is 0.